The van der Waals surface area contributed by atoms with E-state index in [1.54, 1.807) is 4.80 Å². The molecule has 1 unspecified atom stereocenters. The quantitative estimate of drug-likeness (QED) is 0.731. The van der Waals surface area contributed by atoms with Crippen molar-refractivity contribution >= 4 is 22.9 Å². The van der Waals surface area contributed by atoms with Crippen LogP contribution in [-0.2, 0) is 10.3 Å². The van der Waals surface area contributed by atoms with Crippen LogP contribution in [0.1, 0.15) is 31.2 Å². The van der Waals surface area contributed by atoms with Gasteiger partial charge in [-0.2, -0.15) is 15.0 Å². The fourth-order valence-electron chi connectivity index (χ4n) is 3.43. The van der Waals surface area contributed by atoms with Crippen LogP contribution in [0.2, 0.25) is 0 Å². The van der Waals surface area contributed by atoms with Crippen molar-refractivity contribution in [1.82, 2.24) is 15.0 Å². The first-order valence-electron chi connectivity index (χ1n) is 8.35. The Morgan fingerprint density at radius 3 is 2.29 bits per heavy atom. The molecule has 4 nitrogen and oxygen atoms in total. The number of carbonyl (C=O) groups excluding carboxylic acids is 1. The molecule has 0 spiro atoms. The van der Waals surface area contributed by atoms with Gasteiger partial charge in [0.25, 0.3) is 0 Å². The van der Waals surface area contributed by atoms with E-state index in [9.17, 15) is 4.79 Å². The molecule has 0 N–H and O–H groups in total. The average Bonchev–Trinajstić information content (AvgIpc) is 3.20. The van der Waals surface area contributed by atoms with Gasteiger partial charge < -0.3 is 0 Å². The number of benzene rings is 2. The zero-order valence-corrected chi connectivity index (χ0v) is 13.4. The summed E-state index contributed by atoms with van der Waals surface area (Å²) in [5.41, 5.74) is 2.17. The Balaban J connectivity index is 1.68. The molecular formula is C20H19N3O. The number of hydrogen-bond acceptors (Lipinski definition) is 3. The molecule has 3 aromatic rings. The van der Waals surface area contributed by atoms with E-state index in [0.29, 0.717) is 12.8 Å². The van der Waals surface area contributed by atoms with Gasteiger partial charge in [-0.15, -0.1) is 0 Å². The summed E-state index contributed by atoms with van der Waals surface area (Å²) < 4.78 is 0. The molecule has 4 heteroatoms. The topological polar surface area (TPSA) is 47.8 Å². The maximum atomic E-state index is 12.7. The van der Waals surface area contributed by atoms with Crippen LogP contribution in [0.4, 0.5) is 0 Å². The lowest BCUT2D eigenvalue weighted by Gasteiger charge is -2.24. The van der Waals surface area contributed by atoms with Crippen LogP contribution in [-0.4, -0.2) is 20.8 Å². The number of ketones is 1. The Hall–Kier alpha value is -2.75. The van der Waals surface area contributed by atoms with Crippen molar-refractivity contribution in [1.29, 1.82) is 0 Å². The Kier molecular flexibility index (Phi) is 3.73. The maximum Gasteiger partial charge on any atom is 0.162 e. The van der Waals surface area contributed by atoms with Crippen LogP contribution in [0.5, 0.6) is 0 Å². The van der Waals surface area contributed by atoms with Crippen molar-refractivity contribution in [2.45, 2.75) is 31.2 Å². The molecule has 120 valence electrons. The summed E-state index contributed by atoms with van der Waals surface area (Å²) >= 11 is 0. The minimum atomic E-state index is -0.635. The second-order valence-corrected chi connectivity index (χ2v) is 6.30. The minimum absolute atomic E-state index is 0.237. The Morgan fingerprint density at radius 2 is 1.67 bits per heavy atom. The van der Waals surface area contributed by atoms with E-state index in [4.69, 9.17) is 0 Å². The molecule has 2 aromatic carbocycles. The predicted molar refractivity (Wildman–Crippen MR) is 94.5 cm³/mol. The first kappa shape index (κ1) is 14.8. The van der Waals surface area contributed by atoms with E-state index in [1.807, 2.05) is 42.5 Å². The van der Waals surface area contributed by atoms with Gasteiger partial charge >= 0.3 is 0 Å². The number of Topliss-reactive ketones (excluding diaryl/α,β-unsaturated/α-hetero) is 1. The van der Waals surface area contributed by atoms with E-state index >= 15 is 0 Å². The van der Waals surface area contributed by atoms with Crippen LogP contribution in [0, 0.1) is 0 Å². The summed E-state index contributed by atoms with van der Waals surface area (Å²) in [4.78, 5) is 14.4. The average molecular weight is 317 g/mol. The number of rotatable bonds is 4. The SMILES string of the molecule is O=C1CCCC1(CC=Cc1ccccc1)n1nc2ccccc2n1. The molecule has 4 rings (SSSR count). The van der Waals surface area contributed by atoms with Gasteiger partial charge in [0.1, 0.15) is 16.6 Å². The molecule has 1 saturated carbocycles. The standard InChI is InChI=1S/C20H19N3O/c24-19-13-7-15-20(19,14-6-10-16-8-2-1-3-9-16)23-21-17-11-4-5-12-18(17)22-23/h1-6,8-12H,7,13-15H2. The van der Waals surface area contributed by atoms with E-state index in [1.165, 1.54) is 0 Å². The van der Waals surface area contributed by atoms with Crippen LogP contribution in [0.3, 0.4) is 0 Å². The molecule has 0 bridgehead atoms. The number of fused-ring (bicyclic) bond motifs is 1. The van der Waals surface area contributed by atoms with Gasteiger partial charge in [-0.3, -0.25) is 4.79 Å². The first-order chi connectivity index (χ1) is 11.8. The fraction of sp³-hybridized carbons (Fsp3) is 0.250. The van der Waals surface area contributed by atoms with Crippen molar-refractivity contribution in [3.05, 3.63) is 66.2 Å². The highest BCUT2D eigenvalue weighted by Gasteiger charge is 2.44. The zero-order chi connectivity index (χ0) is 16.4. The number of nitrogens with zero attached hydrogens (tertiary/aromatic N) is 3. The van der Waals surface area contributed by atoms with Crippen molar-refractivity contribution in [2.75, 3.05) is 0 Å². The third-order valence-corrected chi connectivity index (χ3v) is 4.75. The van der Waals surface area contributed by atoms with Gasteiger partial charge in [-0.05, 0) is 37.0 Å². The number of aromatic nitrogens is 3. The molecule has 24 heavy (non-hydrogen) atoms. The molecule has 1 heterocycles. The summed E-state index contributed by atoms with van der Waals surface area (Å²) in [5, 5.41) is 9.19. The lowest BCUT2D eigenvalue weighted by atomic mass is 9.92. The fourth-order valence-corrected chi connectivity index (χ4v) is 3.43. The highest BCUT2D eigenvalue weighted by Crippen LogP contribution is 2.36. The number of allylic oxidation sites excluding steroid dienone is 1. The maximum absolute atomic E-state index is 12.7. The van der Waals surface area contributed by atoms with Gasteiger partial charge in [0.15, 0.2) is 5.78 Å². The van der Waals surface area contributed by atoms with Gasteiger partial charge in [-0.25, -0.2) is 0 Å². The highest BCUT2D eigenvalue weighted by molar-refractivity contribution is 5.89. The summed E-state index contributed by atoms with van der Waals surface area (Å²) in [6, 6.07) is 17.9. The lowest BCUT2D eigenvalue weighted by Crippen LogP contribution is -2.39. The van der Waals surface area contributed by atoms with Crippen LogP contribution >= 0.6 is 0 Å². The van der Waals surface area contributed by atoms with Crippen molar-refractivity contribution < 1.29 is 4.79 Å². The highest BCUT2D eigenvalue weighted by atomic mass is 16.1. The molecule has 1 atom stereocenters. The van der Waals surface area contributed by atoms with Crippen LogP contribution < -0.4 is 0 Å². The number of hydrogen-bond donors (Lipinski definition) is 0. The van der Waals surface area contributed by atoms with Crippen molar-refractivity contribution in [3.63, 3.8) is 0 Å². The first-order valence-corrected chi connectivity index (χ1v) is 8.35. The summed E-state index contributed by atoms with van der Waals surface area (Å²) in [6.45, 7) is 0. The molecule has 0 saturated heterocycles. The van der Waals surface area contributed by atoms with Crippen molar-refractivity contribution in [3.8, 4) is 0 Å². The van der Waals surface area contributed by atoms with Gasteiger partial charge in [0.05, 0.1) is 0 Å². The molecule has 0 aliphatic heterocycles. The second kappa shape index (κ2) is 6.04. The van der Waals surface area contributed by atoms with E-state index < -0.39 is 5.54 Å². The van der Waals surface area contributed by atoms with Crippen LogP contribution in [0.15, 0.2) is 60.7 Å². The predicted octanol–water partition coefficient (Wildman–Crippen LogP) is 3.98. The van der Waals surface area contributed by atoms with E-state index in [-0.39, 0.29) is 5.78 Å². The smallest absolute Gasteiger partial charge is 0.162 e. The van der Waals surface area contributed by atoms with E-state index in [0.717, 1.165) is 29.4 Å². The Morgan fingerprint density at radius 1 is 1.00 bits per heavy atom. The zero-order valence-electron chi connectivity index (χ0n) is 13.4. The molecule has 1 aliphatic carbocycles. The molecule has 1 aromatic heterocycles. The molecular weight excluding hydrogens is 298 g/mol. The Bertz CT molecular complexity index is 864. The minimum Gasteiger partial charge on any atom is -0.297 e. The molecule has 0 radical (unpaired) electrons. The summed E-state index contributed by atoms with van der Waals surface area (Å²) in [6.07, 6.45) is 7.07. The molecule has 1 fully saturated rings. The van der Waals surface area contributed by atoms with Crippen molar-refractivity contribution in [2.24, 2.45) is 0 Å². The molecule has 0 amide bonds. The largest absolute Gasteiger partial charge is 0.297 e. The van der Waals surface area contributed by atoms with Crippen LogP contribution in [0.25, 0.3) is 17.1 Å². The van der Waals surface area contributed by atoms with Gasteiger partial charge in [-0.1, -0.05) is 54.6 Å². The monoisotopic (exact) mass is 317 g/mol. The Labute approximate surface area is 140 Å². The number of carbonyl (C=O) groups is 1. The third-order valence-electron chi connectivity index (χ3n) is 4.75. The normalized spacial score (nSPS) is 21.1. The van der Waals surface area contributed by atoms with E-state index in [2.05, 4.69) is 34.5 Å². The second-order valence-electron chi connectivity index (χ2n) is 6.30. The van der Waals surface area contributed by atoms with Gasteiger partial charge in [0, 0.05) is 6.42 Å². The lowest BCUT2D eigenvalue weighted by molar-refractivity contribution is -0.125. The van der Waals surface area contributed by atoms with Gasteiger partial charge in [0.2, 0.25) is 0 Å². The third kappa shape index (κ3) is 2.54. The summed E-state index contributed by atoms with van der Waals surface area (Å²) in [7, 11) is 0. The molecule has 1 aliphatic rings. The summed E-state index contributed by atoms with van der Waals surface area (Å²) in [5.74, 6) is 0.237.